The van der Waals surface area contributed by atoms with E-state index < -0.39 is 0 Å². The summed E-state index contributed by atoms with van der Waals surface area (Å²) in [5, 5.41) is 18.7. The molecule has 2 N–H and O–H groups in total. The zero-order valence-electron chi connectivity index (χ0n) is 23.5. The smallest absolute Gasteiger partial charge is 0.124 e. The van der Waals surface area contributed by atoms with Crippen LogP contribution in [-0.4, -0.2) is 68.4 Å². The molecule has 5 rings (SSSR count). The van der Waals surface area contributed by atoms with Crippen LogP contribution in [0.1, 0.15) is 40.0 Å². The Kier molecular flexibility index (Phi) is 12.9. The predicted octanol–water partition coefficient (Wildman–Crippen LogP) is 7.73. The highest BCUT2D eigenvalue weighted by molar-refractivity contribution is 9.10. The topological polar surface area (TPSA) is 86.6 Å². The Bertz CT molecular complexity index is 950. The molecule has 0 radical (unpaired) electrons. The number of hydrogen-bond acceptors (Lipinski definition) is 7. The number of hydrogen-bond donors (Lipinski definition) is 2. The van der Waals surface area contributed by atoms with Gasteiger partial charge in [0.05, 0.1) is 63.7 Å². The fourth-order valence-electron chi connectivity index (χ4n) is 4.06. The minimum Gasteiger partial charge on any atom is -0.508 e. The van der Waals surface area contributed by atoms with Crippen molar-refractivity contribution in [1.29, 1.82) is 0 Å². The molecule has 0 atom stereocenters. The second-order valence-electron chi connectivity index (χ2n) is 11.0. The van der Waals surface area contributed by atoms with Gasteiger partial charge in [-0.05, 0) is 43.5 Å². The number of aromatic hydroxyl groups is 2. The lowest BCUT2D eigenvalue weighted by Gasteiger charge is -2.40. The van der Waals surface area contributed by atoms with Crippen molar-refractivity contribution in [3.8, 4) is 23.0 Å². The molecule has 0 saturated carbocycles. The van der Waals surface area contributed by atoms with Crippen LogP contribution in [0.5, 0.6) is 23.0 Å². The first kappa shape index (κ1) is 33.5. The van der Waals surface area contributed by atoms with E-state index in [0.717, 1.165) is 73.8 Å². The Hall–Kier alpha value is -1.04. The molecule has 0 spiro atoms. The van der Waals surface area contributed by atoms with Crippen LogP contribution >= 0.6 is 47.8 Å². The minimum absolute atomic E-state index is 0.0573. The van der Waals surface area contributed by atoms with Gasteiger partial charge in [-0.3, -0.25) is 0 Å². The third-order valence-electron chi connectivity index (χ3n) is 7.79. The number of phenolic OH excluding ortho intramolecular Hbond substituents is 2. The Morgan fingerprint density at radius 3 is 1.25 bits per heavy atom. The van der Waals surface area contributed by atoms with Gasteiger partial charge in [0.2, 0.25) is 0 Å². The van der Waals surface area contributed by atoms with Crippen molar-refractivity contribution in [1.82, 2.24) is 0 Å². The van der Waals surface area contributed by atoms with E-state index >= 15 is 0 Å². The molecule has 3 heterocycles. The van der Waals surface area contributed by atoms with Crippen molar-refractivity contribution >= 4 is 47.8 Å². The normalized spacial score (nSPS) is 19.2. The fraction of sp³-hybridized carbons (Fsp3) is 0.600. The van der Waals surface area contributed by atoms with Gasteiger partial charge in [0, 0.05) is 31.8 Å². The first-order chi connectivity index (χ1) is 19.1. The van der Waals surface area contributed by atoms with E-state index in [-0.39, 0.29) is 22.3 Å². The molecule has 0 aliphatic carbocycles. The van der Waals surface area contributed by atoms with E-state index in [1.807, 2.05) is 18.2 Å². The van der Waals surface area contributed by atoms with Gasteiger partial charge in [0.25, 0.3) is 0 Å². The van der Waals surface area contributed by atoms with E-state index in [2.05, 4.69) is 68.6 Å². The van der Waals surface area contributed by atoms with Crippen LogP contribution in [0.2, 0.25) is 0 Å². The van der Waals surface area contributed by atoms with Gasteiger partial charge in [0.15, 0.2) is 0 Å². The molecule has 0 bridgehead atoms. The molecular formula is C30H41Br3O7. The average Bonchev–Trinajstić information content (AvgIpc) is 2.83. The van der Waals surface area contributed by atoms with Crippen LogP contribution in [0.4, 0.5) is 0 Å². The molecule has 0 unspecified atom stereocenters. The molecule has 0 aromatic heterocycles. The largest absolute Gasteiger partial charge is 0.508 e. The monoisotopic (exact) mass is 750 g/mol. The molecule has 2 aromatic carbocycles. The van der Waals surface area contributed by atoms with Crippen LogP contribution in [0.15, 0.2) is 45.3 Å². The lowest BCUT2D eigenvalue weighted by Crippen LogP contribution is -2.46. The van der Waals surface area contributed by atoms with Gasteiger partial charge in [-0.15, -0.1) is 0 Å². The Labute approximate surface area is 263 Å². The van der Waals surface area contributed by atoms with Crippen LogP contribution in [0.25, 0.3) is 0 Å². The molecule has 0 amide bonds. The van der Waals surface area contributed by atoms with Crippen LogP contribution < -0.4 is 9.47 Å². The molecule has 3 fully saturated rings. The fourth-order valence-corrected chi connectivity index (χ4v) is 5.70. The Morgan fingerprint density at radius 1 is 0.625 bits per heavy atom. The molecule has 3 aliphatic rings. The summed E-state index contributed by atoms with van der Waals surface area (Å²) in [7, 11) is 0. The zero-order chi connectivity index (χ0) is 29.2. The summed E-state index contributed by atoms with van der Waals surface area (Å²) in [5.41, 5.74) is 0.859. The quantitative estimate of drug-likeness (QED) is 0.241. The molecule has 2 aromatic rings. The SMILES string of the molecule is CCC1(CBr)COC1.CCC1(COc2cc(Br)cc(OCC3(CC)COC3)c2)COC1.Oc1cc(O)cc(Br)c1. The van der Waals surface area contributed by atoms with Crippen molar-refractivity contribution in [2.45, 2.75) is 40.0 Å². The van der Waals surface area contributed by atoms with Crippen LogP contribution in [0, 0.1) is 16.2 Å². The summed E-state index contributed by atoms with van der Waals surface area (Å²) >= 11 is 10.1. The van der Waals surface area contributed by atoms with Crippen molar-refractivity contribution in [3.63, 3.8) is 0 Å². The summed E-state index contributed by atoms with van der Waals surface area (Å²) in [4.78, 5) is 0. The number of benzene rings is 2. The summed E-state index contributed by atoms with van der Waals surface area (Å²) in [5.74, 6) is 1.79. The lowest BCUT2D eigenvalue weighted by atomic mass is 9.84. The highest BCUT2D eigenvalue weighted by Gasteiger charge is 2.39. The maximum atomic E-state index is 8.80. The molecule has 10 heteroatoms. The number of phenols is 2. The maximum absolute atomic E-state index is 8.80. The highest BCUT2D eigenvalue weighted by Crippen LogP contribution is 2.36. The number of rotatable bonds is 10. The van der Waals surface area contributed by atoms with Crippen molar-refractivity contribution < 1.29 is 33.9 Å². The Morgan fingerprint density at radius 2 is 1.00 bits per heavy atom. The third kappa shape index (κ3) is 9.49. The molecule has 224 valence electrons. The second-order valence-corrected chi connectivity index (χ2v) is 13.4. The van der Waals surface area contributed by atoms with E-state index in [1.54, 1.807) is 0 Å². The van der Waals surface area contributed by atoms with Crippen molar-refractivity contribution in [2.24, 2.45) is 16.2 Å². The number of halogens is 3. The Balaban J connectivity index is 0.000000211. The van der Waals surface area contributed by atoms with E-state index in [1.165, 1.54) is 24.6 Å². The molecule has 3 saturated heterocycles. The highest BCUT2D eigenvalue weighted by atomic mass is 79.9. The predicted molar refractivity (Wildman–Crippen MR) is 167 cm³/mol. The van der Waals surface area contributed by atoms with Gasteiger partial charge >= 0.3 is 0 Å². The molecular weight excluding hydrogens is 712 g/mol. The maximum Gasteiger partial charge on any atom is 0.124 e. The van der Waals surface area contributed by atoms with E-state index in [9.17, 15) is 0 Å². The summed E-state index contributed by atoms with van der Waals surface area (Å²) < 4.78 is 29.4. The summed E-state index contributed by atoms with van der Waals surface area (Å²) in [6, 6.07) is 10.2. The molecule has 40 heavy (non-hydrogen) atoms. The van der Waals surface area contributed by atoms with Crippen LogP contribution in [-0.2, 0) is 14.2 Å². The van der Waals surface area contributed by atoms with Crippen LogP contribution in [0.3, 0.4) is 0 Å². The van der Waals surface area contributed by atoms with Gasteiger partial charge in [-0.25, -0.2) is 0 Å². The molecule has 3 aliphatic heterocycles. The summed E-state index contributed by atoms with van der Waals surface area (Å²) in [6.07, 6.45) is 3.38. The lowest BCUT2D eigenvalue weighted by molar-refractivity contribution is -0.134. The summed E-state index contributed by atoms with van der Waals surface area (Å²) in [6.45, 7) is 13.0. The zero-order valence-corrected chi connectivity index (χ0v) is 28.3. The molecule has 7 nitrogen and oxygen atoms in total. The van der Waals surface area contributed by atoms with Crippen molar-refractivity contribution in [2.75, 3.05) is 58.2 Å². The first-order valence-electron chi connectivity index (χ1n) is 13.6. The van der Waals surface area contributed by atoms with Gasteiger partial charge < -0.3 is 33.9 Å². The number of alkyl halides is 1. The minimum atomic E-state index is 0.0573. The third-order valence-corrected chi connectivity index (χ3v) is 9.89. The van der Waals surface area contributed by atoms with Gasteiger partial charge in [0.1, 0.15) is 23.0 Å². The van der Waals surface area contributed by atoms with E-state index in [0.29, 0.717) is 23.1 Å². The average molecular weight is 753 g/mol. The first-order valence-corrected chi connectivity index (χ1v) is 16.3. The van der Waals surface area contributed by atoms with Gasteiger partial charge in [-0.2, -0.15) is 0 Å². The van der Waals surface area contributed by atoms with Gasteiger partial charge in [-0.1, -0.05) is 68.6 Å². The van der Waals surface area contributed by atoms with E-state index in [4.69, 9.17) is 33.9 Å². The number of ether oxygens (including phenoxy) is 5. The van der Waals surface area contributed by atoms with Crippen molar-refractivity contribution in [3.05, 3.63) is 45.3 Å². The second kappa shape index (κ2) is 15.4. The standard InChI is InChI=1S/C18H25BrO4.C6H5BrO2.C6H11BrO/c1-3-17(8-20-9-17)12-22-15-5-14(19)6-16(7-15)23-13-18(4-2)10-21-11-18;7-4-1-5(8)3-6(9)2-4;1-2-6(3-7)4-8-5-6/h5-7H,3-4,8-13H2,1-2H3;1-3,8-9H;2-5H2,1H3.